The normalized spacial score (nSPS) is 13.9. The summed E-state index contributed by atoms with van der Waals surface area (Å²) < 4.78 is 6.06. The zero-order chi connectivity index (χ0) is 19.8. The highest BCUT2D eigenvalue weighted by Crippen LogP contribution is 2.34. The van der Waals surface area contributed by atoms with Crippen LogP contribution in [0.3, 0.4) is 0 Å². The molecule has 7 nitrogen and oxygen atoms in total. The first-order valence-corrected chi connectivity index (χ1v) is 9.82. The highest BCUT2D eigenvalue weighted by atomic mass is 32.1. The number of hydrogen-bond donors (Lipinski definition) is 1. The third kappa shape index (κ3) is 3.09. The zero-order valence-electron chi connectivity index (χ0n) is 15.5. The number of hydrogen-bond acceptors (Lipinski definition) is 6. The van der Waals surface area contributed by atoms with E-state index in [2.05, 4.69) is 10.3 Å². The molecule has 0 aliphatic heterocycles. The average Bonchev–Trinajstić information content (AvgIpc) is 3.28. The van der Waals surface area contributed by atoms with Crippen molar-refractivity contribution < 1.29 is 14.3 Å². The first-order valence-electron chi connectivity index (χ1n) is 9.00. The Balaban J connectivity index is 1.62. The van der Waals surface area contributed by atoms with E-state index in [0.717, 1.165) is 29.7 Å². The van der Waals surface area contributed by atoms with E-state index in [-0.39, 0.29) is 11.5 Å². The summed E-state index contributed by atoms with van der Waals surface area (Å²) in [4.78, 5) is 43.8. The molecule has 0 radical (unpaired) electrons. The van der Waals surface area contributed by atoms with Crippen molar-refractivity contribution in [2.45, 2.75) is 32.2 Å². The molecule has 2 aromatic heterocycles. The fourth-order valence-corrected chi connectivity index (χ4v) is 4.71. The van der Waals surface area contributed by atoms with Gasteiger partial charge in [-0.1, -0.05) is 6.07 Å². The van der Waals surface area contributed by atoms with Crippen LogP contribution in [0.5, 0.6) is 0 Å². The number of esters is 1. The number of carbonyl (C=O) groups excluding carboxylic acids is 2. The number of anilines is 1. The van der Waals surface area contributed by atoms with E-state index in [9.17, 15) is 14.4 Å². The molecule has 2 heterocycles. The molecule has 1 aliphatic carbocycles. The van der Waals surface area contributed by atoms with Crippen LogP contribution in [0.1, 0.15) is 40.2 Å². The Morgan fingerprint density at radius 3 is 2.93 bits per heavy atom. The van der Waals surface area contributed by atoms with Crippen LogP contribution in [0, 0.1) is 0 Å². The molecule has 1 unspecified atom stereocenters. The number of methoxy groups -OCH3 is 1. The average molecular weight is 397 g/mol. The number of ether oxygens (including phenoxy) is 1. The largest absolute Gasteiger partial charge is 0.465 e. The number of aromatic nitrogens is 2. The molecule has 1 aromatic carbocycles. The maximum atomic E-state index is 13.0. The van der Waals surface area contributed by atoms with Crippen LogP contribution >= 0.6 is 11.3 Å². The number of benzene rings is 1. The standard InChI is InChI=1S/C20H19N3O4S/c1-11(17(24)22-13-6-3-5-12(9-13)20(26)27-2)23-10-21-18-16(19(23)25)14-7-4-8-15(14)28-18/h3,5-6,9-11H,4,7-8H2,1-2H3,(H,22,24). The molecule has 0 spiro atoms. The predicted octanol–water partition coefficient (Wildman–Crippen LogP) is 2.93. The summed E-state index contributed by atoms with van der Waals surface area (Å²) in [5.74, 6) is -0.849. The minimum atomic E-state index is -0.747. The van der Waals surface area contributed by atoms with Crippen LogP contribution in [0.2, 0.25) is 0 Å². The van der Waals surface area contributed by atoms with E-state index >= 15 is 0 Å². The smallest absolute Gasteiger partial charge is 0.337 e. The second-order valence-corrected chi connectivity index (χ2v) is 7.82. The van der Waals surface area contributed by atoms with E-state index in [1.807, 2.05) is 0 Å². The summed E-state index contributed by atoms with van der Waals surface area (Å²) in [6, 6.07) is 5.72. The van der Waals surface area contributed by atoms with Gasteiger partial charge in [0.2, 0.25) is 5.91 Å². The third-order valence-electron chi connectivity index (χ3n) is 5.00. The SMILES string of the molecule is COC(=O)c1cccc(NC(=O)C(C)n2cnc3sc4c(c3c2=O)CCC4)c1. The Morgan fingerprint density at radius 2 is 2.14 bits per heavy atom. The van der Waals surface area contributed by atoms with Crippen LogP contribution in [-0.4, -0.2) is 28.5 Å². The maximum Gasteiger partial charge on any atom is 0.337 e. The van der Waals surface area contributed by atoms with Crippen molar-refractivity contribution in [2.75, 3.05) is 12.4 Å². The van der Waals surface area contributed by atoms with Crippen LogP contribution in [-0.2, 0) is 22.4 Å². The van der Waals surface area contributed by atoms with Gasteiger partial charge in [0.05, 0.1) is 24.4 Å². The van der Waals surface area contributed by atoms with E-state index in [4.69, 9.17) is 4.74 Å². The first-order chi connectivity index (χ1) is 13.5. The van der Waals surface area contributed by atoms with Gasteiger partial charge in [-0.05, 0) is 49.9 Å². The lowest BCUT2D eigenvalue weighted by atomic mass is 10.2. The zero-order valence-corrected chi connectivity index (χ0v) is 16.3. The lowest BCUT2D eigenvalue weighted by Gasteiger charge is -2.15. The number of carbonyl (C=O) groups is 2. The van der Waals surface area contributed by atoms with E-state index in [0.29, 0.717) is 16.6 Å². The van der Waals surface area contributed by atoms with Crippen molar-refractivity contribution in [3.05, 3.63) is 57.0 Å². The summed E-state index contributed by atoms with van der Waals surface area (Å²) in [6.45, 7) is 1.65. The lowest BCUT2D eigenvalue weighted by molar-refractivity contribution is -0.118. The fraction of sp³-hybridized carbons (Fsp3) is 0.300. The Labute approximate surface area is 165 Å². The summed E-state index contributed by atoms with van der Waals surface area (Å²) in [5.41, 5.74) is 1.70. The Hall–Kier alpha value is -3.00. The molecule has 1 aliphatic rings. The Bertz CT molecular complexity index is 1150. The monoisotopic (exact) mass is 397 g/mol. The molecule has 1 atom stereocenters. The number of thiophene rings is 1. The van der Waals surface area contributed by atoms with Crippen molar-refractivity contribution in [1.82, 2.24) is 9.55 Å². The summed E-state index contributed by atoms with van der Waals surface area (Å²) in [7, 11) is 1.30. The van der Waals surface area contributed by atoms with Gasteiger partial charge in [-0.2, -0.15) is 0 Å². The third-order valence-corrected chi connectivity index (χ3v) is 6.20. The summed E-state index contributed by atoms with van der Waals surface area (Å²) in [5, 5.41) is 3.40. The minimum Gasteiger partial charge on any atom is -0.465 e. The number of aryl methyl sites for hydroxylation is 2. The van der Waals surface area contributed by atoms with Crippen LogP contribution < -0.4 is 10.9 Å². The van der Waals surface area contributed by atoms with Crippen LogP contribution in [0.25, 0.3) is 10.2 Å². The molecule has 3 aromatic rings. The molecule has 0 fully saturated rings. The summed E-state index contributed by atoms with van der Waals surface area (Å²) >= 11 is 1.57. The molecule has 4 rings (SSSR count). The van der Waals surface area contributed by atoms with E-state index in [1.54, 1.807) is 36.5 Å². The maximum absolute atomic E-state index is 13.0. The molecule has 144 valence electrons. The number of rotatable bonds is 4. The molecule has 0 saturated carbocycles. The highest BCUT2D eigenvalue weighted by Gasteiger charge is 2.24. The van der Waals surface area contributed by atoms with Gasteiger partial charge in [-0.15, -0.1) is 11.3 Å². The van der Waals surface area contributed by atoms with Crippen molar-refractivity contribution in [1.29, 1.82) is 0 Å². The van der Waals surface area contributed by atoms with Gasteiger partial charge in [-0.3, -0.25) is 14.2 Å². The Kier molecular flexibility index (Phi) is 4.72. The van der Waals surface area contributed by atoms with Gasteiger partial charge in [-0.25, -0.2) is 9.78 Å². The van der Waals surface area contributed by atoms with Crippen LogP contribution in [0.4, 0.5) is 5.69 Å². The molecule has 0 bridgehead atoms. The molecular formula is C20H19N3O4S. The molecule has 1 N–H and O–H groups in total. The second-order valence-electron chi connectivity index (χ2n) is 6.73. The molecule has 1 amide bonds. The van der Waals surface area contributed by atoms with Gasteiger partial charge in [0, 0.05) is 10.6 Å². The van der Waals surface area contributed by atoms with Gasteiger partial charge in [0.25, 0.3) is 5.56 Å². The lowest BCUT2D eigenvalue weighted by Crippen LogP contribution is -2.31. The van der Waals surface area contributed by atoms with Crippen LogP contribution in [0.15, 0.2) is 35.4 Å². The highest BCUT2D eigenvalue weighted by molar-refractivity contribution is 7.18. The number of nitrogens with one attached hydrogen (secondary N) is 1. The van der Waals surface area contributed by atoms with Crippen molar-refractivity contribution >= 4 is 39.1 Å². The van der Waals surface area contributed by atoms with Crippen molar-refractivity contribution in [2.24, 2.45) is 0 Å². The fourth-order valence-electron chi connectivity index (χ4n) is 3.49. The molecular weight excluding hydrogens is 378 g/mol. The van der Waals surface area contributed by atoms with E-state index < -0.39 is 12.0 Å². The predicted molar refractivity (Wildman–Crippen MR) is 107 cm³/mol. The second kappa shape index (κ2) is 7.20. The molecule has 28 heavy (non-hydrogen) atoms. The van der Waals surface area contributed by atoms with Crippen molar-refractivity contribution in [3.8, 4) is 0 Å². The number of fused-ring (bicyclic) bond motifs is 3. The summed E-state index contributed by atoms with van der Waals surface area (Å²) in [6.07, 6.45) is 4.36. The van der Waals surface area contributed by atoms with Gasteiger partial charge in [0.15, 0.2) is 0 Å². The topological polar surface area (TPSA) is 90.3 Å². The number of amides is 1. The van der Waals surface area contributed by atoms with Gasteiger partial charge >= 0.3 is 5.97 Å². The Morgan fingerprint density at radius 1 is 1.32 bits per heavy atom. The van der Waals surface area contributed by atoms with Gasteiger partial charge in [0.1, 0.15) is 10.9 Å². The van der Waals surface area contributed by atoms with Crippen molar-refractivity contribution in [3.63, 3.8) is 0 Å². The minimum absolute atomic E-state index is 0.185. The van der Waals surface area contributed by atoms with E-state index in [1.165, 1.54) is 28.9 Å². The number of nitrogens with zero attached hydrogens (tertiary/aromatic N) is 2. The van der Waals surface area contributed by atoms with Gasteiger partial charge < -0.3 is 10.1 Å². The molecule has 8 heteroatoms. The molecule has 0 saturated heterocycles. The first kappa shape index (κ1) is 18.4. The quantitative estimate of drug-likeness (QED) is 0.684.